The zero-order valence-corrected chi connectivity index (χ0v) is 13.9. The van der Waals surface area contributed by atoms with E-state index in [2.05, 4.69) is 9.97 Å². The first kappa shape index (κ1) is 16.0. The summed E-state index contributed by atoms with van der Waals surface area (Å²) < 4.78 is 0. The molecule has 0 unspecified atom stereocenters. The van der Waals surface area contributed by atoms with Crippen LogP contribution in [-0.4, -0.2) is 51.4 Å². The molecule has 0 spiro atoms. The van der Waals surface area contributed by atoms with Gasteiger partial charge in [0.2, 0.25) is 5.91 Å². The summed E-state index contributed by atoms with van der Waals surface area (Å²) in [6.07, 6.45) is 0. The number of hydrogen-bond acceptors (Lipinski definition) is 4. The van der Waals surface area contributed by atoms with E-state index in [-0.39, 0.29) is 17.5 Å². The highest BCUT2D eigenvalue weighted by Gasteiger charge is 2.26. The summed E-state index contributed by atoms with van der Waals surface area (Å²) in [5, 5.41) is 0.981. The van der Waals surface area contributed by atoms with Gasteiger partial charge in [-0.1, -0.05) is 11.6 Å². The zero-order chi connectivity index (χ0) is 16.6. The van der Waals surface area contributed by atoms with Crippen LogP contribution >= 0.6 is 11.6 Å². The number of hydrogen-bond donors (Lipinski definition) is 1. The average molecular weight is 335 g/mol. The zero-order valence-electron chi connectivity index (χ0n) is 13.2. The molecule has 2 heterocycles. The van der Waals surface area contributed by atoms with Gasteiger partial charge < -0.3 is 9.88 Å². The Hall–Kier alpha value is -1.92. The number of rotatable bonds is 3. The Labute approximate surface area is 139 Å². The van der Waals surface area contributed by atoms with Crippen LogP contribution in [0.1, 0.15) is 19.7 Å². The predicted molar refractivity (Wildman–Crippen MR) is 89.5 cm³/mol. The maximum Gasteiger partial charge on any atom is 0.258 e. The van der Waals surface area contributed by atoms with Crippen LogP contribution < -0.4 is 5.56 Å². The fourth-order valence-electron chi connectivity index (χ4n) is 2.86. The molecule has 1 saturated heterocycles. The van der Waals surface area contributed by atoms with Crippen molar-refractivity contribution >= 4 is 28.4 Å². The third-order valence-electron chi connectivity index (χ3n) is 4.05. The van der Waals surface area contributed by atoms with Crippen molar-refractivity contribution in [2.24, 2.45) is 0 Å². The van der Waals surface area contributed by atoms with E-state index in [1.165, 1.54) is 0 Å². The molecule has 0 aliphatic carbocycles. The first-order valence-corrected chi connectivity index (χ1v) is 8.02. The van der Waals surface area contributed by atoms with Crippen LogP contribution in [0.3, 0.4) is 0 Å². The van der Waals surface area contributed by atoms with Crippen LogP contribution in [0, 0.1) is 0 Å². The van der Waals surface area contributed by atoms with Gasteiger partial charge in [-0.3, -0.25) is 14.5 Å². The average Bonchev–Trinajstić information content (AvgIpc) is 2.48. The highest BCUT2D eigenvalue weighted by atomic mass is 35.5. The number of benzene rings is 1. The van der Waals surface area contributed by atoms with E-state index in [1.54, 1.807) is 18.2 Å². The van der Waals surface area contributed by atoms with E-state index in [1.807, 2.05) is 23.6 Å². The van der Waals surface area contributed by atoms with Gasteiger partial charge in [-0.05, 0) is 32.0 Å². The van der Waals surface area contributed by atoms with Gasteiger partial charge in [-0.25, -0.2) is 4.98 Å². The minimum Gasteiger partial charge on any atom is -0.338 e. The Bertz CT molecular complexity index is 802. The Morgan fingerprint density at radius 1 is 1.30 bits per heavy atom. The maximum atomic E-state index is 12.2. The highest BCUT2D eigenvalue weighted by Crippen LogP contribution is 2.15. The molecule has 2 aromatic rings. The molecule has 1 aliphatic rings. The van der Waals surface area contributed by atoms with Crippen LogP contribution in [0.15, 0.2) is 23.0 Å². The SMILES string of the molecule is CC(C)N1CCN(Cc2nc3ccc(Cl)cc3c(=O)[nH]2)CC1=O. The van der Waals surface area contributed by atoms with E-state index in [0.29, 0.717) is 41.4 Å². The van der Waals surface area contributed by atoms with Crippen molar-refractivity contribution in [3.05, 3.63) is 39.4 Å². The number of halogens is 1. The fraction of sp³-hybridized carbons (Fsp3) is 0.438. The highest BCUT2D eigenvalue weighted by molar-refractivity contribution is 6.31. The van der Waals surface area contributed by atoms with Crippen molar-refractivity contribution in [3.63, 3.8) is 0 Å². The number of aromatic nitrogens is 2. The lowest BCUT2D eigenvalue weighted by Gasteiger charge is -2.36. The van der Waals surface area contributed by atoms with Gasteiger partial charge in [-0.15, -0.1) is 0 Å². The number of piperazine rings is 1. The molecule has 3 rings (SSSR count). The minimum atomic E-state index is -0.209. The quantitative estimate of drug-likeness (QED) is 0.926. The van der Waals surface area contributed by atoms with Gasteiger partial charge in [0.15, 0.2) is 0 Å². The normalized spacial score (nSPS) is 16.5. The summed E-state index contributed by atoms with van der Waals surface area (Å²) in [7, 11) is 0. The lowest BCUT2D eigenvalue weighted by Crippen LogP contribution is -2.52. The Morgan fingerprint density at radius 2 is 2.09 bits per heavy atom. The van der Waals surface area contributed by atoms with Crippen molar-refractivity contribution in [1.82, 2.24) is 19.8 Å². The van der Waals surface area contributed by atoms with Crippen molar-refractivity contribution in [3.8, 4) is 0 Å². The van der Waals surface area contributed by atoms with Crippen LogP contribution in [0.25, 0.3) is 10.9 Å². The molecule has 1 aliphatic heterocycles. The van der Waals surface area contributed by atoms with E-state index in [4.69, 9.17) is 11.6 Å². The second-order valence-electron chi connectivity index (χ2n) is 6.07. The number of carbonyl (C=O) groups excluding carboxylic acids is 1. The lowest BCUT2D eigenvalue weighted by atomic mass is 10.2. The molecule has 0 saturated carbocycles. The van der Waals surface area contributed by atoms with Gasteiger partial charge in [0.1, 0.15) is 5.82 Å². The van der Waals surface area contributed by atoms with Gasteiger partial charge in [0.25, 0.3) is 5.56 Å². The first-order chi connectivity index (χ1) is 10.9. The summed E-state index contributed by atoms with van der Waals surface area (Å²) in [6.45, 7) is 6.30. The summed E-state index contributed by atoms with van der Waals surface area (Å²) in [6, 6.07) is 5.27. The van der Waals surface area contributed by atoms with Crippen molar-refractivity contribution in [2.75, 3.05) is 19.6 Å². The number of H-pyrrole nitrogens is 1. The molecule has 23 heavy (non-hydrogen) atoms. The molecular formula is C16H19ClN4O2. The van der Waals surface area contributed by atoms with E-state index >= 15 is 0 Å². The predicted octanol–water partition coefficient (Wildman–Crippen LogP) is 1.63. The molecule has 1 N–H and O–H groups in total. The third-order valence-corrected chi connectivity index (χ3v) is 4.28. The third kappa shape index (κ3) is 3.38. The Balaban J connectivity index is 1.79. The minimum absolute atomic E-state index is 0.112. The number of amides is 1. The summed E-state index contributed by atoms with van der Waals surface area (Å²) in [5.74, 6) is 0.678. The Morgan fingerprint density at radius 3 is 2.78 bits per heavy atom. The second kappa shape index (κ2) is 6.29. The molecule has 0 bridgehead atoms. The van der Waals surface area contributed by atoms with E-state index < -0.39 is 0 Å². The number of fused-ring (bicyclic) bond motifs is 1. The van der Waals surface area contributed by atoms with Crippen LogP contribution in [-0.2, 0) is 11.3 Å². The smallest absolute Gasteiger partial charge is 0.258 e. The van der Waals surface area contributed by atoms with Crippen molar-refractivity contribution in [2.45, 2.75) is 26.4 Å². The van der Waals surface area contributed by atoms with Gasteiger partial charge in [0.05, 0.1) is 24.0 Å². The fourth-order valence-corrected chi connectivity index (χ4v) is 3.03. The molecular weight excluding hydrogens is 316 g/mol. The molecule has 1 fully saturated rings. The number of carbonyl (C=O) groups is 1. The Kier molecular flexibility index (Phi) is 4.37. The molecule has 1 aromatic heterocycles. The van der Waals surface area contributed by atoms with Crippen LogP contribution in [0.4, 0.5) is 0 Å². The number of nitrogens with zero attached hydrogens (tertiary/aromatic N) is 3. The standard InChI is InChI=1S/C16H19ClN4O2/c1-10(2)21-6-5-20(9-15(21)22)8-14-18-13-4-3-11(17)7-12(13)16(23)19-14/h3-4,7,10H,5-6,8-9H2,1-2H3,(H,18,19,23). The number of aromatic amines is 1. The van der Waals surface area contributed by atoms with E-state index in [9.17, 15) is 9.59 Å². The van der Waals surface area contributed by atoms with Gasteiger partial charge in [0, 0.05) is 24.2 Å². The molecule has 7 heteroatoms. The molecule has 1 amide bonds. The molecule has 1 aromatic carbocycles. The van der Waals surface area contributed by atoms with E-state index in [0.717, 1.165) is 6.54 Å². The molecule has 6 nitrogen and oxygen atoms in total. The maximum absolute atomic E-state index is 12.2. The van der Waals surface area contributed by atoms with Gasteiger partial charge >= 0.3 is 0 Å². The van der Waals surface area contributed by atoms with Crippen molar-refractivity contribution < 1.29 is 4.79 Å². The molecule has 122 valence electrons. The number of nitrogens with one attached hydrogen (secondary N) is 1. The largest absolute Gasteiger partial charge is 0.338 e. The topological polar surface area (TPSA) is 69.3 Å². The van der Waals surface area contributed by atoms with Crippen LogP contribution in [0.2, 0.25) is 5.02 Å². The summed E-state index contributed by atoms with van der Waals surface area (Å²) >= 11 is 5.91. The molecule has 0 radical (unpaired) electrons. The van der Waals surface area contributed by atoms with Crippen LogP contribution in [0.5, 0.6) is 0 Å². The van der Waals surface area contributed by atoms with Crippen molar-refractivity contribution in [1.29, 1.82) is 0 Å². The second-order valence-corrected chi connectivity index (χ2v) is 6.50. The molecule has 0 atom stereocenters. The summed E-state index contributed by atoms with van der Waals surface area (Å²) in [4.78, 5) is 35.4. The van der Waals surface area contributed by atoms with Gasteiger partial charge in [-0.2, -0.15) is 0 Å². The lowest BCUT2D eigenvalue weighted by molar-refractivity contribution is -0.138. The summed E-state index contributed by atoms with van der Waals surface area (Å²) in [5.41, 5.74) is 0.403. The first-order valence-electron chi connectivity index (χ1n) is 7.64. The monoisotopic (exact) mass is 334 g/mol.